The lowest BCUT2D eigenvalue weighted by atomic mass is 10.0. The van der Waals surface area contributed by atoms with Gasteiger partial charge in [-0.3, -0.25) is 4.90 Å². The quantitative estimate of drug-likeness (QED) is 0.576. The summed E-state index contributed by atoms with van der Waals surface area (Å²) in [5, 5.41) is 14.8. The number of benzene rings is 1. The summed E-state index contributed by atoms with van der Waals surface area (Å²) in [5.41, 5.74) is 3.77. The van der Waals surface area contributed by atoms with Gasteiger partial charge in [0, 0.05) is 32.7 Å². The Morgan fingerprint density at radius 2 is 1.63 bits per heavy atom. The highest BCUT2D eigenvalue weighted by Crippen LogP contribution is 2.25. The standard InChI is InChI=1S/C18H28N2O.C2H2O4/c1-5-6-17-13-15(2)18(16(3)14-17)21-12-11-20-9-7-19(4)8-10-20;3-1(4)2(5)6/h5,13-14H,1,6-12H2,2-4H3;(H,3,4)(H,5,6). The molecule has 1 heterocycles. The number of carbonyl (C=O) groups is 2. The van der Waals surface area contributed by atoms with Crippen LogP contribution in [0.2, 0.25) is 0 Å². The van der Waals surface area contributed by atoms with Gasteiger partial charge in [0.1, 0.15) is 12.4 Å². The van der Waals surface area contributed by atoms with Crippen molar-refractivity contribution in [3.05, 3.63) is 41.5 Å². The van der Waals surface area contributed by atoms with Gasteiger partial charge in [0.15, 0.2) is 0 Å². The van der Waals surface area contributed by atoms with Crippen LogP contribution in [0, 0.1) is 13.8 Å². The zero-order chi connectivity index (χ0) is 20.4. The number of nitrogens with zero attached hydrogens (tertiary/aromatic N) is 2. The number of allylic oxidation sites excluding steroid dienone is 1. The highest BCUT2D eigenvalue weighted by Gasteiger charge is 2.14. The molecule has 0 spiro atoms. The van der Waals surface area contributed by atoms with Gasteiger partial charge in [0.2, 0.25) is 0 Å². The molecule has 1 aliphatic rings. The van der Waals surface area contributed by atoms with Crippen LogP contribution in [-0.4, -0.2) is 78.3 Å². The second-order valence-corrected chi connectivity index (χ2v) is 6.66. The normalized spacial score (nSPS) is 14.8. The van der Waals surface area contributed by atoms with Gasteiger partial charge in [-0.1, -0.05) is 18.2 Å². The molecule has 7 heteroatoms. The van der Waals surface area contributed by atoms with E-state index in [9.17, 15) is 0 Å². The largest absolute Gasteiger partial charge is 0.492 e. The third-order valence-electron chi connectivity index (χ3n) is 4.33. The molecule has 150 valence electrons. The van der Waals surface area contributed by atoms with Crippen molar-refractivity contribution < 1.29 is 24.5 Å². The first-order valence-electron chi connectivity index (χ1n) is 8.95. The summed E-state index contributed by atoms with van der Waals surface area (Å²) in [6.45, 7) is 14.5. The first-order chi connectivity index (χ1) is 12.7. The molecule has 0 saturated carbocycles. The second-order valence-electron chi connectivity index (χ2n) is 6.66. The molecule has 1 aromatic carbocycles. The maximum absolute atomic E-state index is 9.10. The molecule has 0 radical (unpaired) electrons. The number of carboxylic acid groups (broad SMARTS) is 2. The molecular weight excluding hydrogens is 348 g/mol. The van der Waals surface area contributed by atoms with E-state index in [2.05, 4.69) is 49.4 Å². The molecule has 7 nitrogen and oxygen atoms in total. The Balaban J connectivity index is 0.000000527. The highest BCUT2D eigenvalue weighted by molar-refractivity contribution is 6.27. The first-order valence-corrected chi connectivity index (χ1v) is 8.95. The van der Waals surface area contributed by atoms with Crippen molar-refractivity contribution in [2.75, 3.05) is 46.4 Å². The monoisotopic (exact) mass is 378 g/mol. The number of hydrogen-bond donors (Lipinski definition) is 2. The van der Waals surface area contributed by atoms with Gasteiger partial charge in [-0.15, -0.1) is 6.58 Å². The molecule has 0 atom stereocenters. The zero-order valence-electron chi connectivity index (χ0n) is 16.4. The average Bonchev–Trinajstić information content (AvgIpc) is 2.59. The predicted octanol–water partition coefficient (Wildman–Crippen LogP) is 1.81. The second kappa shape index (κ2) is 11.4. The fourth-order valence-electron chi connectivity index (χ4n) is 2.90. The number of ether oxygens (including phenoxy) is 1. The molecule has 0 amide bonds. The topological polar surface area (TPSA) is 90.3 Å². The number of carboxylic acids is 2. The number of piperazine rings is 1. The van der Waals surface area contributed by atoms with E-state index in [0.29, 0.717) is 0 Å². The summed E-state index contributed by atoms with van der Waals surface area (Å²) < 4.78 is 6.05. The Morgan fingerprint density at radius 3 is 2.07 bits per heavy atom. The fourth-order valence-corrected chi connectivity index (χ4v) is 2.90. The molecule has 1 saturated heterocycles. The molecule has 2 rings (SSSR count). The molecule has 27 heavy (non-hydrogen) atoms. The average molecular weight is 378 g/mol. The minimum absolute atomic E-state index is 0.770. The van der Waals surface area contributed by atoms with E-state index in [4.69, 9.17) is 24.5 Å². The summed E-state index contributed by atoms with van der Waals surface area (Å²) in [6.07, 6.45) is 2.87. The van der Waals surface area contributed by atoms with Gasteiger partial charge in [0.05, 0.1) is 0 Å². The Bertz CT molecular complexity index is 617. The number of hydrogen-bond acceptors (Lipinski definition) is 5. The minimum atomic E-state index is -1.82. The molecule has 0 bridgehead atoms. The van der Waals surface area contributed by atoms with Gasteiger partial charge in [-0.25, -0.2) is 9.59 Å². The van der Waals surface area contributed by atoms with Crippen molar-refractivity contribution in [2.24, 2.45) is 0 Å². The van der Waals surface area contributed by atoms with Crippen LogP contribution in [0.1, 0.15) is 16.7 Å². The van der Waals surface area contributed by atoms with Crippen LogP contribution in [0.3, 0.4) is 0 Å². The van der Waals surface area contributed by atoms with E-state index >= 15 is 0 Å². The third kappa shape index (κ3) is 8.23. The van der Waals surface area contributed by atoms with E-state index < -0.39 is 11.9 Å². The van der Waals surface area contributed by atoms with Gasteiger partial charge in [-0.2, -0.15) is 0 Å². The van der Waals surface area contributed by atoms with Crippen LogP contribution < -0.4 is 4.74 Å². The lowest BCUT2D eigenvalue weighted by Crippen LogP contribution is -2.45. The zero-order valence-corrected chi connectivity index (χ0v) is 16.4. The summed E-state index contributed by atoms with van der Waals surface area (Å²) in [5.74, 6) is -2.60. The molecule has 1 aromatic rings. The maximum atomic E-state index is 9.10. The first kappa shape index (κ1) is 22.7. The fraction of sp³-hybridized carbons (Fsp3) is 0.500. The van der Waals surface area contributed by atoms with Gasteiger partial charge < -0.3 is 19.8 Å². The Hall–Kier alpha value is -2.38. The summed E-state index contributed by atoms with van der Waals surface area (Å²) >= 11 is 0. The Morgan fingerprint density at radius 1 is 1.11 bits per heavy atom. The van der Waals surface area contributed by atoms with E-state index in [1.165, 1.54) is 16.7 Å². The van der Waals surface area contributed by atoms with Crippen molar-refractivity contribution in [3.63, 3.8) is 0 Å². The van der Waals surface area contributed by atoms with Gasteiger partial charge in [-0.05, 0) is 44.0 Å². The van der Waals surface area contributed by atoms with E-state index in [-0.39, 0.29) is 0 Å². The van der Waals surface area contributed by atoms with Crippen LogP contribution in [0.25, 0.3) is 0 Å². The maximum Gasteiger partial charge on any atom is 0.414 e. The van der Waals surface area contributed by atoms with Crippen molar-refractivity contribution in [2.45, 2.75) is 20.3 Å². The molecular formula is C20H30N2O5. The number of rotatable bonds is 6. The Labute approximate surface area is 160 Å². The number of aliphatic carboxylic acids is 2. The summed E-state index contributed by atoms with van der Waals surface area (Å²) in [4.78, 5) is 23.1. The van der Waals surface area contributed by atoms with Crippen molar-refractivity contribution in [3.8, 4) is 5.75 Å². The van der Waals surface area contributed by atoms with Crippen molar-refractivity contribution >= 4 is 11.9 Å². The third-order valence-corrected chi connectivity index (χ3v) is 4.33. The van der Waals surface area contributed by atoms with Crippen LogP contribution in [-0.2, 0) is 16.0 Å². The highest BCUT2D eigenvalue weighted by atomic mass is 16.5. The molecule has 0 aromatic heterocycles. The van der Waals surface area contributed by atoms with Crippen molar-refractivity contribution in [1.82, 2.24) is 9.80 Å². The van der Waals surface area contributed by atoms with Crippen LogP contribution in [0.5, 0.6) is 5.75 Å². The minimum Gasteiger partial charge on any atom is -0.492 e. The smallest absolute Gasteiger partial charge is 0.414 e. The Kier molecular flexibility index (Phi) is 9.53. The van der Waals surface area contributed by atoms with E-state index in [1.54, 1.807) is 0 Å². The molecule has 0 aliphatic carbocycles. The molecule has 1 fully saturated rings. The lowest BCUT2D eigenvalue weighted by Gasteiger charge is -2.32. The van der Waals surface area contributed by atoms with Gasteiger partial charge >= 0.3 is 11.9 Å². The molecule has 0 unspecified atom stereocenters. The number of likely N-dealkylation sites (N-methyl/N-ethyl adjacent to an activating group) is 1. The predicted molar refractivity (Wildman–Crippen MR) is 105 cm³/mol. The molecule has 2 N–H and O–H groups in total. The summed E-state index contributed by atoms with van der Waals surface area (Å²) in [6, 6.07) is 4.42. The SMILES string of the molecule is C=CCc1cc(C)c(OCCN2CCN(C)CC2)c(C)c1.O=C(O)C(=O)O. The van der Waals surface area contributed by atoms with Gasteiger partial charge in [0.25, 0.3) is 0 Å². The lowest BCUT2D eigenvalue weighted by molar-refractivity contribution is -0.159. The van der Waals surface area contributed by atoms with Crippen molar-refractivity contribution in [1.29, 1.82) is 0 Å². The van der Waals surface area contributed by atoms with Crippen LogP contribution >= 0.6 is 0 Å². The molecule has 1 aliphatic heterocycles. The van der Waals surface area contributed by atoms with Crippen LogP contribution in [0.4, 0.5) is 0 Å². The summed E-state index contributed by atoms with van der Waals surface area (Å²) in [7, 11) is 2.19. The van der Waals surface area contributed by atoms with E-state index in [1.807, 2.05) is 6.08 Å². The number of aryl methyl sites for hydroxylation is 2. The van der Waals surface area contributed by atoms with Crippen LogP contribution in [0.15, 0.2) is 24.8 Å². The van der Waals surface area contributed by atoms with E-state index in [0.717, 1.165) is 51.5 Å².